The van der Waals surface area contributed by atoms with Gasteiger partial charge in [-0.2, -0.15) is 0 Å². The highest BCUT2D eigenvalue weighted by Gasteiger charge is 2.19. The predicted molar refractivity (Wildman–Crippen MR) is 77.4 cm³/mol. The van der Waals surface area contributed by atoms with E-state index in [1.54, 1.807) is 0 Å². The van der Waals surface area contributed by atoms with E-state index < -0.39 is 0 Å². The van der Waals surface area contributed by atoms with E-state index in [1.165, 1.54) is 8.52 Å². The molecule has 1 saturated heterocycles. The highest BCUT2D eigenvalue weighted by Crippen LogP contribution is 2.12. The first-order valence-corrected chi connectivity index (χ1v) is 7.48. The molecule has 2 heterocycles. The summed E-state index contributed by atoms with van der Waals surface area (Å²) in [6.45, 7) is 1.54. The zero-order valence-electron chi connectivity index (χ0n) is 11.0. The quantitative estimate of drug-likeness (QED) is 0.853. The van der Waals surface area contributed by atoms with E-state index in [0.717, 1.165) is 36.5 Å². The normalized spacial score (nSPS) is 18.5. The molecule has 0 aliphatic carbocycles. The Morgan fingerprint density at radius 2 is 2.05 bits per heavy atom. The Morgan fingerprint density at radius 1 is 1.25 bits per heavy atom. The van der Waals surface area contributed by atoms with Crippen molar-refractivity contribution in [2.75, 3.05) is 6.61 Å². The number of benzene rings is 1. The Bertz CT molecular complexity index is 680. The van der Waals surface area contributed by atoms with Gasteiger partial charge in [-0.15, -0.1) is 0 Å². The highest BCUT2D eigenvalue weighted by molar-refractivity contribution is 7.03. The molecule has 1 aromatic carbocycles. The van der Waals surface area contributed by atoms with Crippen LogP contribution in [0.1, 0.15) is 18.4 Å². The molecule has 3 rings (SSSR count). The summed E-state index contributed by atoms with van der Waals surface area (Å²) in [7, 11) is 0. The average molecular weight is 292 g/mol. The zero-order chi connectivity index (χ0) is 13.9. The minimum absolute atomic E-state index is 0.000162. The van der Waals surface area contributed by atoms with Gasteiger partial charge >= 0.3 is 10.6 Å². The zero-order valence-corrected chi connectivity index (χ0v) is 11.8. The molecule has 20 heavy (non-hydrogen) atoms. The van der Waals surface area contributed by atoms with Crippen molar-refractivity contribution < 1.29 is 4.74 Å². The molecule has 0 spiro atoms. The van der Waals surface area contributed by atoms with Crippen LogP contribution in [0.15, 0.2) is 39.9 Å². The van der Waals surface area contributed by atoms with Crippen molar-refractivity contribution in [3.8, 4) is 0 Å². The lowest BCUT2D eigenvalue weighted by atomic mass is 10.2. The van der Waals surface area contributed by atoms with Crippen LogP contribution in [-0.4, -0.2) is 21.2 Å². The molecule has 5 nitrogen and oxygen atoms in total. The van der Waals surface area contributed by atoms with Crippen LogP contribution in [0.2, 0.25) is 0 Å². The van der Waals surface area contributed by atoms with Crippen molar-refractivity contribution in [2.45, 2.75) is 32.0 Å². The van der Waals surface area contributed by atoms with Gasteiger partial charge in [0.05, 0.1) is 19.2 Å². The van der Waals surface area contributed by atoms with Gasteiger partial charge in [0, 0.05) is 18.1 Å². The maximum absolute atomic E-state index is 12.3. The predicted octanol–water partition coefficient (Wildman–Crippen LogP) is 1.30. The Morgan fingerprint density at radius 3 is 2.75 bits per heavy atom. The molecule has 1 aromatic heterocycles. The molecule has 6 heteroatoms. The second-order valence-corrected chi connectivity index (χ2v) is 5.88. The molecular weight excluding hydrogens is 276 g/mol. The van der Waals surface area contributed by atoms with Crippen LogP contribution in [0.5, 0.6) is 0 Å². The minimum Gasteiger partial charge on any atom is -0.376 e. The van der Waals surface area contributed by atoms with Crippen LogP contribution in [0.3, 0.4) is 0 Å². The van der Waals surface area contributed by atoms with Crippen LogP contribution in [0, 0.1) is 0 Å². The van der Waals surface area contributed by atoms with E-state index in [-0.39, 0.29) is 16.7 Å². The second-order valence-electron chi connectivity index (χ2n) is 4.91. The number of ether oxygens (including phenoxy) is 1. The highest BCUT2D eigenvalue weighted by atomic mass is 32.1. The van der Waals surface area contributed by atoms with E-state index >= 15 is 0 Å². The fourth-order valence-corrected chi connectivity index (χ4v) is 3.22. The molecule has 0 amide bonds. The van der Waals surface area contributed by atoms with Crippen molar-refractivity contribution in [3.63, 3.8) is 0 Å². The van der Waals surface area contributed by atoms with Crippen LogP contribution in [-0.2, 0) is 17.8 Å². The lowest BCUT2D eigenvalue weighted by Gasteiger charge is -2.07. The van der Waals surface area contributed by atoms with Gasteiger partial charge in [0.15, 0.2) is 0 Å². The van der Waals surface area contributed by atoms with Gasteiger partial charge in [0.2, 0.25) is 0 Å². The summed E-state index contributed by atoms with van der Waals surface area (Å²) in [4.78, 5) is 24.0. The summed E-state index contributed by atoms with van der Waals surface area (Å²) in [6, 6.07) is 9.67. The average Bonchev–Trinajstić information content (AvgIpc) is 3.05. The molecular formula is C14H16N2O3S. The maximum Gasteiger partial charge on any atom is 0.341 e. The van der Waals surface area contributed by atoms with Crippen molar-refractivity contribution in [1.82, 2.24) is 8.52 Å². The Balaban J connectivity index is 1.83. The Hall–Kier alpha value is -1.66. The summed E-state index contributed by atoms with van der Waals surface area (Å²) >= 11 is 0.975. The smallest absolute Gasteiger partial charge is 0.341 e. The Labute approximate surface area is 120 Å². The molecule has 0 bridgehead atoms. The van der Waals surface area contributed by atoms with Gasteiger partial charge in [-0.25, -0.2) is 13.3 Å². The van der Waals surface area contributed by atoms with E-state index in [4.69, 9.17) is 4.74 Å². The number of nitrogens with zero attached hydrogens (tertiary/aromatic N) is 2. The van der Waals surface area contributed by atoms with Crippen molar-refractivity contribution in [3.05, 3.63) is 56.0 Å². The number of aromatic nitrogens is 2. The third-order valence-corrected chi connectivity index (χ3v) is 4.31. The van der Waals surface area contributed by atoms with Crippen LogP contribution in [0.25, 0.3) is 0 Å². The standard InChI is InChI=1S/C14H16N2O3S/c17-13-15(10-12-7-4-8-19-12)14(18)20-16(13)9-11-5-2-1-3-6-11/h1-3,5-6,12H,4,7-10H2. The summed E-state index contributed by atoms with van der Waals surface area (Å²) in [6.07, 6.45) is 1.92. The van der Waals surface area contributed by atoms with E-state index in [0.29, 0.717) is 13.1 Å². The van der Waals surface area contributed by atoms with Crippen LogP contribution >= 0.6 is 11.5 Å². The van der Waals surface area contributed by atoms with E-state index in [2.05, 4.69) is 0 Å². The first kappa shape index (κ1) is 13.3. The van der Waals surface area contributed by atoms with Gasteiger partial charge in [0.25, 0.3) is 0 Å². The molecule has 1 unspecified atom stereocenters. The first-order valence-electron chi connectivity index (χ1n) is 6.70. The van der Waals surface area contributed by atoms with Crippen LogP contribution in [0.4, 0.5) is 0 Å². The topological polar surface area (TPSA) is 53.2 Å². The summed E-state index contributed by atoms with van der Waals surface area (Å²) in [5.41, 5.74) is 0.777. The lowest BCUT2D eigenvalue weighted by Crippen LogP contribution is -2.33. The number of hydrogen-bond donors (Lipinski definition) is 0. The molecule has 1 aliphatic heterocycles. The van der Waals surface area contributed by atoms with Gasteiger partial charge in [-0.05, 0) is 18.4 Å². The third kappa shape index (κ3) is 2.76. The number of rotatable bonds is 4. The van der Waals surface area contributed by atoms with E-state index in [9.17, 15) is 9.59 Å². The minimum atomic E-state index is -0.237. The maximum atomic E-state index is 12.3. The van der Waals surface area contributed by atoms with Gasteiger partial charge in [-0.1, -0.05) is 30.3 Å². The number of hydrogen-bond acceptors (Lipinski definition) is 4. The molecule has 0 saturated carbocycles. The lowest BCUT2D eigenvalue weighted by molar-refractivity contribution is 0.0954. The third-order valence-electron chi connectivity index (χ3n) is 3.43. The molecule has 0 N–H and O–H groups in total. The Kier molecular flexibility index (Phi) is 3.84. The monoisotopic (exact) mass is 292 g/mol. The van der Waals surface area contributed by atoms with Crippen LogP contribution < -0.4 is 10.6 Å². The fraction of sp³-hybridized carbons (Fsp3) is 0.429. The van der Waals surface area contributed by atoms with Crippen molar-refractivity contribution >= 4 is 11.5 Å². The molecule has 2 aromatic rings. The fourth-order valence-electron chi connectivity index (χ4n) is 2.39. The van der Waals surface area contributed by atoms with Gasteiger partial charge in [-0.3, -0.25) is 4.79 Å². The molecule has 1 fully saturated rings. The molecule has 106 valence electrons. The summed E-state index contributed by atoms with van der Waals surface area (Å²) in [5, 5.41) is 0. The largest absolute Gasteiger partial charge is 0.376 e. The van der Waals surface area contributed by atoms with Gasteiger partial charge in [0.1, 0.15) is 0 Å². The van der Waals surface area contributed by atoms with Gasteiger partial charge < -0.3 is 4.74 Å². The second kappa shape index (κ2) is 5.76. The molecule has 1 atom stereocenters. The first-order chi connectivity index (χ1) is 9.74. The van der Waals surface area contributed by atoms with E-state index in [1.807, 2.05) is 30.3 Å². The van der Waals surface area contributed by atoms with Crippen molar-refractivity contribution in [2.24, 2.45) is 0 Å². The summed E-state index contributed by atoms with van der Waals surface area (Å²) in [5.74, 6) is 0. The van der Waals surface area contributed by atoms with Crippen molar-refractivity contribution in [1.29, 1.82) is 0 Å². The molecule has 0 radical (unpaired) electrons. The SMILES string of the molecule is O=c1sn(Cc2ccccc2)c(=O)n1CC1CCCO1. The molecule has 1 aliphatic rings. The summed E-state index contributed by atoms with van der Waals surface area (Å²) < 4.78 is 8.29.